The maximum absolute atomic E-state index is 13.6. The van der Waals surface area contributed by atoms with E-state index in [0.717, 1.165) is 41.7 Å². The van der Waals surface area contributed by atoms with Crippen molar-refractivity contribution >= 4 is 34.7 Å². The lowest BCUT2D eigenvalue weighted by Gasteiger charge is -2.32. The minimum Gasteiger partial charge on any atom is -0.459 e. The lowest BCUT2D eigenvalue weighted by Crippen LogP contribution is -2.49. The minimum atomic E-state index is -0.838. The Balaban J connectivity index is 1.67. The highest BCUT2D eigenvalue weighted by Crippen LogP contribution is 2.33. The van der Waals surface area contributed by atoms with Crippen LogP contribution in [0.1, 0.15) is 58.3 Å². The van der Waals surface area contributed by atoms with E-state index in [1.807, 2.05) is 49.6 Å². The first-order valence-electron chi connectivity index (χ1n) is 11.5. The van der Waals surface area contributed by atoms with Crippen molar-refractivity contribution in [2.24, 2.45) is 0 Å². The van der Waals surface area contributed by atoms with E-state index in [9.17, 15) is 14.4 Å². The molecule has 0 radical (unpaired) electrons. The summed E-state index contributed by atoms with van der Waals surface area (Å²) in [4.78, 5) is 41.9. The monoisotopic (exact) mass is 479 g/mol. The van der Waals surface area contributed by atoms with Crippen LogP contribution in [0.4, 0.5) is 5.69 Å². The molecule has 4 rings (SSSR count). The quantitative estimate of drug-likeness (QED) is 0.497. The number of amides is 3. The highest BCUT2D eigenvalue weighted by atomic mass is 32.1. The molecule has 34 heavy (non-hydrogen) atoms. The Morgan fingerprint density at radius 1 is 1.12 bits per heavy atom. The fraction of sp³-hybridized carbons (Fsp3) is 0.346. The van der Waals surface area contributed by atoms with Crippen LogP contribution in [0.15, 0.2) is 58.5 Å². The van der Waals surface area contributed by atoms with E-state index in [4.69, 9.17) is 4.42 Å². The number of hydrogen-bond acceptors (Lipinski definition) is 5. The maximum atomic E-state index is 13.6. The molecule has 1 aliphatic rings. The molecule has 1 atom stereocenters. The van der Waals surface area contributed by atoms with Crippen LogP contribution < -0.4 is 15.5 Å². The molecule has 1 saturated carbocycles. The first-order chi connectivity index (χ1) is 16.4. The number of rotatable bonds is 8. The van der Waals surface area contributed by atoms with Crippen molar-refractivity contribution in [3.05, 3.63) is 75.9 Å². The Kier molecular flexibility index (Phi) is 7.47. The third-order valence-corrected chi connectivity index (χ3v) is 6.97. The van der Waals surface area contributed by atoms with Gasteiger partial charge in [-0.1, -0.05) is 36.6 Å². The molecule has 8 heteroatoms. The fourth-order valence-electron chi connectivity index (χ4n) is 4.40. The number of hydrogen-bond donors (Lipinski definition) is 2. The topological polar surface area (TPSA) is 91.7 Å². The van der Waals surface area contributed by atoms with Crippen LogP contribution in [-0.4, -0.2) is 30.3 Å². The molecule has 2 N–H and O–H groups in total. The highest BCUT2D eigenvalue weighted by molar-refractivity contribution is 7.10. The maximum Gasteiger partial charge on any atom is 0.287 e. The molecule has 1 unspecified atom stereocenters. The smallest absolute Gasteiger partial charge is 0.287 e. The van der Waals surface area contributed by atoms with Crippen LogP contribution in [0.2, 0.25) is 0 Å². The summed E-state index contributed by atoms with van der Waals surface area (Å²) < 4.78 is 5.12. The third kappa shape index (κ3) is 5.39. The Morgan fingerprint density at radius 2 is 1.91 bits per heavy atom. The van der Waals surface area contributed by atoms with Crippen LogP contribution in [0.5, 0.6) is 0 Å². The molecule has 1 aromatic carbocycles. The van der Waals surface area contributed by atoms with Crippen LogP contribution in [0, 0.1) is 13.8 Å². The molecule has 1 aliphatic carbocycles. The van der Waals surface area contributed by atoms with Gasteiger partial charge in [0.15, 0.2) is 5.76 Å². The number of aryl methyl sites for hydroxylation is 2. The largest absolute Gasteiger partial charge is 0.459 e. The lowest BCUT2D eigenvalue weighted by atomic mass is 10.1. The number of nitrogens with one attached hydrogen (secondary N) is 2. The van der Waals surface area contributed by atoms with E-state index in [-0.39, 0.29) is 30.2 Å². The van der Waals surface area contributed by atoms with Crippen molar-refractivity contribution in [1.82, 2.24) is 10.6 Å². The predicted octanol–water partition coefficient (Wildman–Crippen LogP) is 4.52. The summed E-state index contributed by atoms with van der Waals surface area (Å²) in [6.45, 7) is 3.63. The van der Waals surface area contributed by atoms with Gasteiger partial charge in [-0.25, -0.2) is 0 Å². The molecule has 2 aromatic heterocycles. The number of furan rings is 1. The summed E-state index contributed by atoms with van der Waals surface area (Å²) in [5.41, 5.74) is 2.58. The molecule has 3 amide bonds. The van der Waals surface area contributed by atoms with Crippen LogP contribution >= 0.6 is 11.3 Å². The Morgan fingerprint density at radius 3 is 2.56 bits per heavy atom. The number of thiophene rings is 1. The van der Waals surface area contributed by atoms with Crippen molar-refractivity contribution in [1.29, 1.82) is 0 Å². The average molecular weight is 480 g/mol. The Hall–Kier alpha value is -3.39. The fourth-order valence-corrected chi connectivity index (χ4v) is 5.21. The van der Waals surface area contributed by atoms with Gasteiger partial charge in [0.05, 0.1) is 12.8 Å². The predicted molar refractivity (Wildman–Crippen MR) is 132 cm³/mol. The average Bonchev–Trinajstić information content (AvgIpc) is 3.59. The van der Waals surface area contributed by atoms with Gasteiger partial charge in [-0.15, -0.1) is 11.3 Å². The number of anilines is 1. The van der Waals surface area contributed by atoms with Crippen molar-refractivity contribution in [3.8, 4) is 0 Å². The summed E-state index contributed by atoms with van der Waals surface area (Å²) in [5, 5.41) is 7.69. The van der Waals surface area contributed by atoms with E-state index in [1.54, 1.807) is 6.07 Å². The second-order valence-electron chi connectivity index (χ2n) is 8.62. The van der Waals surface area contributed by atoms with Crippen molar-refractivity contribution in [2.75, 3.05) is 11.4 Å². The molecule has 7 nitrogen and oxygen atoms in total. The summed E-state index contributed by atoms with van der Waals surface area (Å²) in [6.07, 6.45) is 5.47. The standard InChI is InChI=1S/C26H29N3O4S/c1-17-11-12-20(18(2)15-17)29(23(30)16-27-25(31)21-9-5-13-33-21)24(22-10-6-14-34-22)26(32)28-19-7-3-4-8-19/h5-6,9-15,19,24H,3-4,7-8,16H2,1-2H3,(H,27,31)(H,28,32). The van der Waals surface area contributed by atoms with E-state index in [1.165, 1.54) is 28.6 Å². The van der Waals surface area contributed by atoms with Crippen molar-refractivity contribution in [2.45, 2.75) is 51.6 Å². The van der Waals surface area contributed by atoms with Gasteiger partial charge in [-0.3, -0.25) is 19.3 Å². The second-order valence-corrected chi connectivity index (χ2v) is 9.60. The molecule has 0 bridgehead atoms. The first kappa shape index (κ1) is 23.8. The molecule has 0 saturated heterocycles. The van der Waals surface area contributed by atoms with E-state index in [0.29, 0.717) is 5.69 Å². The first-order valence-corrected chi connectivity index (χ1v) is 12.4. The molecule has 178 valence electrons. The minimum absolute atomic E-state index is 0.115. The summed E-state index contributed by atoms with van der Waals surface area (Å²) in [6, 6.07) is 11.9. The van der Waals surface area contributed by atoms with Gasteiger partial charge in [0.2, 0.25) is 11.8 Å². The van der Waals surface area contributed by atoms with Gasteiger partial charge in [-0.05, 0) is 61.9 Å². The second kappa shape index (κ2) is 10.7. The van der Waals surface area contributed by atoms with Crippen LogP contribution in [0.25, 0.3) is 0 Å². The van der Waals surface area contributed by atoms with Gasteiger partial charge in [0.1, 0.15) is 6.04 Å². The number of carbonyl (C=O) groups is 3. The molecular formula is C26H29N3O4S. The molecule has 3 aromatic rings. The number of carbonyl (C=O) groups excluding carboxylic acids is 3. The highest BCUT2D eigenvalue weighted by Gasteiger charge is 2.35. The Labute approximate surface area is 203 Å². The molecule has 0 spiro atoms. The zero-order valence-electron chi connectivity index (χ0n) is 19.4. The zero-order valence-corrected chi connectivity index (χ0v) is 20.2. The van der Waals surface area contributed by atoms with Gasteiger partial charge in [-0.2, -0.15) is 0 Å². The normalized spacial score (nSPS) is 14.5. The van der Waals surface area contributed by atoms with E-state index < -0.39 is 11.9 Å². The summed E-state index contributed by atoms with van der Waals surface area (Å²) >= 11 is 1.43. The summed E-state index contributed by atoms with van der Waals surface area (Å²) in [5.74, 6) is -0.950. The molecule has 2 heterocycles. The van der Waals surface area contributed by atoms with Gasteiger partial charge < -0.3 is 15.1 Å². The lowest BCUT2D eigenvalue weighted by molar-refractivity contribution is -0.126. The SMILES string of the molecule is Cc1ccc(N(C(=O)CNC(=O)c2ccco2)C(C(=O)NC2CCCC2)c2cccs2)c(C)c1. The zero-order chi connectivity index (χ0) is 24.1. The van der Waals surface area contributed by atoms with Gasteiger partial charge >= 0.3 is 0 Å². The van der Waals surface area contributed by atoms with Crippen molar-refractivity contribution in [3.63, 3.8) is 0 Å². The number of nitrogens with zero attached hydrogens (tertiary/aromatic N) is 1. The summed E-state index contributed by atoms with van der Waals surface area (Å²) in [7, 11) is 0. The Bertz CT molecular complexity index is 1140. The van der Waals surface area contributed by atoms with E-state index >= 15 is 0 Å². The molecular weight excluding hydrogens is 450 g/mol. The third-order valence-electron chi connectivity index (χ3n) is 6.05. The van der Waals surface area contributed by atoms with Crippen LogP contribution in [0.3, 0.4) is 0 Å². The van der Waals surface area contributed by atoms with Crippen LogP contribution in [-0.2, 0) is 9.59 Å². The van der Waals surface area contributed by atoms with Crippen molar-refractivity contribution < 1.29 is 18.8 Å². The molecule has 0 aliphatic heterocycles. The number of benzene rings is 1. The van der Waals surface area contributed by atoms with Gasteiger partial charge in [0, 0.05) is 16.6 Å². The van der Waals surface area contributed by atoms with E-state index in [2.05, 4.69) is 10.6 Å². The van der Waals surface area contributed by atoms with Gasteiger partial charge in [0.25, 0.3) is 5.91 Å². The molecule has 1 fully saturated rings.